The highest BCUT2D eigenvalue weighted by Crippen LogP contribution is 2.31. The summed E-state index contributed by atoms with van der Waals surface area (Å²) in [7, 11) is 0. The van der Waals surface area contributed by atoms with E-state index >= 15 is 0 Å². The van der Waals surface area contributed by atoms with Crippen molar-refractivity contribution < 1.29 is 4.79 Å². The number of hydrogen-bond acceptors (Lipinski definition) is 5. The predicted octanol–water partition coefficient (Wildman–Crippen LogP) is 3.84. The molecule has 7 heteroatoms. The number of piperazine rings is 1. The van der Waals surface area contributed by atoms with Crippen molar-refractivity contribution in [2.45, 2.75) is 6.92 Å². The Morgan fingerprint density at radius 2 is 1.78 bits per heavy atom. The van der Waals surface area contributed by atoms with Crippen LogP contribution >= 0.6 is 23.4 Å². The van der Waals surface area contributed by atoms with E-state index in [2.05, 4.69) is 19.8 Å². The average molecular weight is 399 g/mol. The molecule has 1 aromatic carbocycles. The first-order chi connectivity index (χ1) is 13.1. The van der Waals surface area contributed by atoms with E-state index in [1.54, 1.807) is 6.20 Å². The molecule has 0 atom stereocenters. The summed E-state index contributed by atoms with van der Waals surface area (Å²) in [6.07, 6.45) is 3.66. The molecule has 0 radical (unpaired) electrons. The minimum absolute atomic E-state index is 0.161. The SMILES string of the molecule is Cc1ccc(/C=C2/SC(N3CCN(c4ncccc4Cl)CC3)=NC2=O)cc1. The number of halogens is 1. The van der Waals surface area contributed by atoms with Gasteiger partial charge < -0.3 is 9.80 Å². The lowest BCUT2D eigenvalue weighted by molar-refractivity contribution is -0.113. The second kappa shape index (κ2) is 7.74. The van der Waals surface area contributed by atoms with E-state index in [9.17, 15) is 4.79 Å². The van der Waals surface area contributed by atoms with E-state index in [-0.39, 0.29) is 5.91 Å². The second-order valence-corrected chi connectivity index (χ2v) is 7.92. The Morgan fingerprint density at radius 1 is 1.07 bits per heavy atom. The van der Waals surface area contributed by atoms with Crippen molar-refractivity contribution in [2.75, 3.05) is 31.1 Å². The van der Waals surface area contributed by atoms with Gasteiger partial charge in [-0.3, -0.25) is 4.79 Å². The van der Waals surface area contributed by atoms with Crippen LogP contribution in [0.1, 0.15) is 11.1 Å². The minimum Gasteiger partial charge on any atom is -0.352 e. The number of thioether (sulfide) groups is 1. The number of aliphatic imine (C=N–C) groups is 1. The van der Waals surface area contributed by atoms with Crippen molar-refractivity contribution in [1.29, 1.82) is 0 Å². The van der Waals surface area contributed by atoms with E-state index in [0.717, 1.165) is 42.7 Å². The number of rotatable bonds is 2. The van der Waals surface area contributed by atoms with Gasteiger partial charge in [-0.25, -0.2) is 4.98 Å². The molecule has 4 rings (SSSR count). The number of hydrogen-bond donors (Lipinski definition) is 0. The molecule has 5 nitrogen and oxygen atoms in total. The van der Waals surface area contributed by atoms with Crippen LogP contribution < -0.4 is 4.90 Å². The Bertz CT molecular complexity index is 918. The highest BCUT2D eigenvalue weighted by molar-refractivity contribution is 8.18. The van der Waals surface area contributed by atoms with Crippen molar-refractivity contribution in [1.82, 2.24) is 9.88 Å². The molecule has 0 spiro atoms. The van der Waals surface area contributed by atoms with Crippen LogP contribution in [0.15, 0.2) is 52.5 Å². The summed E-state index contributed by atoms with van der Waals surface area (Å²) in [6.45, 7) is 5.20. The van der Waals surface area contributed by atoms with E-state index in [0.29, 0.717) is 9.93 Å². The quantitative estimate of drug-likeness (QED) is 0.719. The Hall–Kier alpha value is -2.31. The molecular weight excluding hydrogens is 380 g/mol. The maximum atomic E-state index is 12.3. The van der Waals surface area contributed by atoms with Crippen molar-refractivity contribution in [3.05, 3.63) is 63.6 Å². The molecular formula is C20H19ClN4OS. The first kappa shape index (κ1) is 18.1. The summed E-state index contributed by atoms with van der Waals surface area (Å²) in [4.78, 5) is 25.9. The van der Waals surface area contributed by atoms with Gasteiger partial charge in [0, 0.05) is 32.4 Å². The van der Waals surface area contributed by atoms with Gasteiger partial charge in [0.25, 0.3) is 5.91 Å². The van der Waals surface area contributed by atoms with Crippen LogP contribution in [0.25, 0.3) is 6.08 Å². The van der Waals surface area contributed by atoms with Crippen LogP contribution in [0.3, 0.4) is 0 Å². The van der Waals surface area contributed by atoms with Crippen LogP contribution in [0.2, 0.25) is 5.02 Å². The maximum Gasteiger partial charge on any atom is 0.286 e. The van der Waals surface area contributed by atoms with Crippen molar-refractivity contribution >= 4 is 46.3 Å². The summed E-state index contributed by atoms with van der Waals surface area (Å²) in [5, 5.41) is 1.45. The zero-order chi connectivity index (χ0) is 18.8. The molecule has 2 aliphatic rings. The van der Waals surface area contributed by atoms with Crippen LogP contribution in [-0.2, 0) is 4.79 Å². The molecule has 2 aliphatic heterocycles. The molecule has 27 heavy (non-hydrogen) atoms. The molecule has 0 bridgehead atoms. The van der Waals surface area contributed by atoms with Crippen LogP contribution in [0.5, 0.6) is 0 Å². The second-order valence-electron chi connectivity index (χ2n) is 6.50. The lowest BCUT2D eigenvalue weighted by Crippen LogP contribution is -2.48. The number of carbonyl (C=O) groups excluding carboxylic acids is 1. The number of amidine groups is 1. The zero-order valence-electron chi connectivity index (χ0n) is 14.9. The van der Waals surface area contributed by atoms with Crippen molar-refractivity contribution in [3.63, 3.8) is 0 Å². The highest BCUT2D eigenvalue weighted by atomic mass is 35.5. The average Bonchev–Trinajstić information content (AvgIpc) is 3.05. The third-order valence-corrected chi connectivity index (χ3v) is 5.91. The van der Waals surface area contributed by atoms with Crippen LogP contribution in [0.4, 0.5) is 5.82 Å². The topological polar surface area (TPSA) is 48.8 Å². The van der Waals surface area contributed by atoms with Gasteiger partial charge >= 0.3 is 0 Å². The summed E-state index contributed by atoms with van der Waals surface area (Å²) in [6, 6.07) is 11.8. The number of aryl methyl sites for hydroxylation is 1. The molecule has 1 aromatic heterocycles. The van der Waals surface area contributed by atoms with Gasteiger partial charge in [0.05, 0.1) is 9.93 Å². The van der Waals surface area contributed by atoms with Gasteiger partial charge in [-0.05, 0) is 42.5 Å². The summed E-state index contributed by atoms with van der Waals surface area (Å²) in [5.41, 5.74) is 2.22. The van der Waals surface area contributed by atoms with E-state index in [1.165, 1.54) is 17.3 Å². The lowest BCUT2D eigenvalue weighted by Gasteiger charge is -2.36. The van der Waals surface area contributed by atoms with E-state index < -0.39 is 0 Å². The van der Waals surface area contributed by atoms with Gasteiger partial charge in [-0.15, -0.1) is 0 Å². The summed E-state index contributed by atoms with van der Waals surface area (Å²) < 4.78 is 0. The summed E-state index contributed by atoms with van der Waals surface area (Å²) in [5.74, 6) is 0.654. The molecule has 0 N–H and O–H groups in total. The third kappa shape index (κ3) is 4.01. The molecule has 0 aliphatic carbocycles. The number of carbonyl (C=O) groups is 1. The number of amides is 1. The predicted molar refractivity (Wildman–Crippen MR) is 112 cm³/mol. The highest BCUT2D eigenvalue weighted by Gasteiger charge is 2.29. The summed E-state index contributed by atoms with van der Waals surface area (Å²) >= 11 is 7.70. The number of aromatic nitrogens is 1. The first-order valence-electron chi connectivity index (χ1n) is 8.80. The Labute approximate surface area is 167 Å². The maximum absolute atomic E-state index is 12.3. The molecule has 0 unspecified atom stereocenters. The molecule has 1 amide bonds. The fourth-order valence-electron chi connectivity index (χ4n) is 3.07. The number of benzene rings is 1. The fraction of sp³-hybridized carbons (Fsp3) is 0.250. The smallest absolute Gasteiger partial charge is 0.286 e. The molecule has 1 saturated heterocycles. The largest absolute Gasteiger partial charge is 0.352 e. The normalized spacial score (nSPS) is 19.0. The Kier molecular flexibility index (Phi) is 5.18. The van der Waals surface area contributed by atoms with Crippen molar-refractivity contribution in [3.8, 4) is 0 Å². The van der Waals surface area contributed by atoms with Crippen LogP contribution in [-0.4, -0.2) is 47.1 Å². The molecule has 138 valence electrons. The zero-order valence-corrected chi connectivity index (χ0v) is 16.5. The molecule has 0 saturated carbocycles. The molecule has 3 heterocycles. The van der Waals surface area contributed by atoms with E-state index in [1.807, 2.05) is 49.4 Å². The van der Waals surface area contributed by atoms with Gasteiger partial charge in [0.15, 0.2) is 5.17 Å². The third-order valence-electron chi connectivity index (χ3n) is 4.57. The number of nitrogens with zero attached hydrogens (tertiary/aromatic N) is 4. The van der Waals surface area contributed by atoms with E-state index in [4.69, 9.17) is 11.6 Å². The van der Waals surface area contributed by atoms with Gasteiger partial charge in [-0.2, -0.15) is 4.99 Å². The Balaban J connectivity index is 1.41. The number of anilines is 1. The lowest BCUT2D eigenvalue weighted by atomic mass is 10.1. The standard InChI is InChI=1S/C20H19ClN4OS/c1-14-4-6-15(7-5-14)13-17-19(26)23-20(27-17)25-11-9-24(10-12-25)18-16(21)3-2-8-22-18/h2-8,13H,9-12H2,1H3/b17-13+. The van der Waals surface area contributed by atoms with Gasteiger partial charge in [0.1, 0.15) is 5.82 Å². The number of pyridine rings is 1. The van der Waals surface area contributed by atoms with Gasteiger partial charge in [-0.1, -0.05) is 41.4 Å². The minimum atomic E-state index is -0.161. The fourth-order valence-corrected chi connectivity index (χ4v) is 4.27. The first-order valence-corrected chi connectivity index (χ1v) is 9.99. The monoisotopic (exact) mass is 398 g/mol. The van der Waals surface area contributed by atoms with Crippen molar-refractivity contribution in [2.24, 2.45) is 4.99 Å². The Morgan fingerprint density at radius 3 is 2.48 bits per heavy atom. The van der Waals surface area contributed by atoms with Gasteiger partial charge in [0.2, 0.25) is 0 Å². The molecule has 1 fully saturated rings. The van der Waals surface area contributed by atoms with Crippen LogP contribution in [0, 0.1) is 6.92 Å². The molecule has 2 aromatic rings.